The Labute approximate surface area is 123 Å². The molecular weight excluding hydrogens is 249 g/mol. The molecule has 20 heavy (non-hydrogen) atoms. The largest absolute Gasteiger partial charge is 0.310 e. The van der Waals surface area contributed by atoms with Crippen LogP contribution in [0.3, 0.4) is 0 Å². The molecule has 0 spiro atoms. The van der Waals surface area contributed by atoms with Gasteiger partial charge in [-0.2, -0.15) is 0 Å². The summed E-state index contributed by atoms with van der Waals surface area (Å²) in [7, 11) is 0. The van der Waals surface area contributed by atoms with Gasteiger partial charge in [0.25, 0.3) is 0 Å². The Kier molecular flexibility index (Phi) is 6.52. The molecule has 0 radical (unpaired) electrons. The van der Waals surface area contributed by atoms with Crippen LogP contribution in [0, 0.1) is 11.7 Å². The van der Waals surface area contributed by atoms with Crippen molar-refractivity contribution in [2.45, 2.75) is 64.3 Å². The van der Waals surface area contributed by atoms with Crippen LogP contribution < -0.4 is 5.32 Å². The van der Waals surface area contributed by atoms with Crippen molar-refractivity contribution in [2.24, 2.45) is 5.92 Å². The Morgan fingerprint density at radius 3 is 2.50 bits per heavy atom. The molecule has 1 unspecified atom stereocenters. The SMILES string of the molecule is CCCNC(CCC1CCCCC1)c1ccc(F)cc1. The summed E-state index contributed by atoms with van der Waals surface area (Å²) in [4.78, 5) is 0. The van der Waals surface area contributed by atoms with Gasteiger partial charge in [0.2, 0.25) is 0 Å². The van der Waals surface area contributed by atoms with Gasteiger partial charge in [0, 0.05) is 6.04 Å². The summed E-state index contributed by atoms with van der Waals surface area (Å²) in [6, 6.07) is 7.41. The van der Waals surface area contributed by atoms with Crippen molar-refractivity contribution in [3.05, 3.63) is 35.6 Å². The fourth-order valence-electron chi connectivity index (χ4n) is 3.28. The van der Waals surface area contributed by atoms with Crippen LogP contribution in [-0.2, 0) is 0 Å². The molecule has 2 heteroatoms. The first-order valence-corrected chi connectivity index (χ1v) is 8.28. The number of hydrogen-bond acceptors (Lipinski definition) is 1. The zero-order chi connectivity index (χ0) is 14.2. The molecule has 0 bridgehead atoms. The third-order valence-corrected chi connectivity index (χ3v) is 4.50. The van der Waals surface area contributed by atoms with E-state index in [-0.39, 0.29) is 5.82 Å². The van der Waals surface area contributed by atoms with Crippen molar-refractivity contribution >= 4 is 0 Å². The highest BCUT2D eigenvalue weighted by Crippen LogP contribution is 2.30. The summed E-state index contributed by atoms with van der Waals surface area (Å²) in [5.41, 5.74) is 1.23. The number of benzene rings is 1. The second kappa shape index (κ2) is 8.41. The van der Waals surface area contributed by atoms with Crippen LogP contribution in [0.5, 0.6) is 0 Å². The normalized spacial score (nSPS) is 18.1. The molecule has 1 aromatic rings. The van der Waals surface area contributed by atoms with Gasteiger partial charge in [-0.1, -0.05) is 51.2 Å². The van der Waals surface area contributed by atoms with Crippen LogP contribution in [0.25, 0.3) is 0 Å². The van der Waals surface area contributed by atoms with Crippen molar-refractivity contribution in [3.63, 3.8) is 0 Å². The van der Waals surface area contributed by atoms with E-state index in [2.05, 4.69) is 12.2 Å². The Morgan fingerprint density at radius 1 is 1.15 bits per heavy atom. The third kappa shape index (κ3) is 4.90. The van der Waals surface area contributed by atoms with Gasteiger partial charge in [0.1, 0.15) is 5.82 Å². The third-order valence-electron chi connectivity index (χ3n) is 4.50. The average Bonchev–Trinajstić information content (AvgIpc) is 2.50. The molecule has 1 N–H and O–H groups in total. The molecule has 1 aromatic carbocycles. The van der Waals surface area contributed by atoms with E-state index in [1.807, 2.05) is 12.1 Å². The number of nitrogens with one attached hydrogen (secondary N) is 1. The van der Waals surface area contributed by atoms with Crippen LogP contribution in [0.4, 0.5) is 4.39 Å². The molecule has 0 heterocycles. The van der Waals surface area contributed by atoms with Gasteiger partial charge in [0.15, 0.2) is 0 Å². The highest BCUT2D eigenvalue weighted by molar-refractivity contribution is 5.19. The van der Waals surface area contributed by atoms with Crippen molar-refractivity contribution in [3.8, 4) is 0 Å². The van der Waals surface area contributed by atoms with Crippen molar-refractivity contribution in [1.82, 2.24) is 5.32 Å². The van der Waals surface area contributed by atoms with Gasteiger partial charge in [0.05, 0.1) is 0 Å². The molecule has 1 saturated carbocycles. The second-order valence-electron chi connectivity index (χ2n) is 6.14. The van der Waals surface area contributed by atoms with Crippen LogP contribution >= 0.6 is 0 Å². The van der Waals surface area contributed by atoms with Crippen molar-refractivity contribution in [1.29, 1.82) is 0 Å². The molecule has 1 aliphatic rings. The van der Waals surface area contributed by atoms with Crippen molar-refractivity contribution < 1.29 is 4.39 Å². The van der Waals surface area contributed by atoms with E-state index in [1.165, 1.54) is 50.5 Å². The summed E-state index contributed by atoms with van der Waals surface area (Å²) >= 11 is 0. The monoisotopic (exact) mass is 277 g/mol. The highest BCUT2D eigenvalue weighted by Gasteiger charge is 2.17. The van der Waals surface area contributed by atoms with E-state index in [1.54, 1.807) is 12.1 Å². The first-order chi connectivity index (χ1) is 9.79. The summed E-state index contributed by atoms with van der Waals surface area (Å²) in [5, 5.41) is 3.62. The zero-order valence-electron chi connectivity index (χ0n) is 12.7. The Bertz CT molecular complexity index is 368. The minimum atomic E-state index is -0.143. The molecule has 2 rings (SSSR count). The average molecular weight is 277 g/mol. The summed E-state index contributed by atoms with van der Waals surface area (Å²) in [5.74, 6) is 0.769. The van der Waals surface area contributed by atoms with Crippen LogP contribution in [0.1, 0.15) is 69.9 Å². The second-order valence-corrected chi connectivity index (χ2v) is 6.14. The van der Waals surface area contributed by atoms with Gasteiger partial charge in [-0.15, -0.1) is 0 Å². The topological polar surface area (TPSA) is 12.0 Å². The van der Waals surface area contributed by atoms with Gasteiger partial charge < -0.3 is 5.32 Å². The van der Waals surface area contributed by atoms with Crippen LogP contribution in [0.15, 0.2) is 24.3 Å². The fraction of sp³-hybridized carbons (Fsp3) is 0.667. The minimum absolute atomic E-state index is 0.143. The van der Waals surface area contributed by atoms with Crippen molar-refractivity contribution in [2.75, 3.05) is 6.54 Å². The Morgan fingerprint density at radius 2 is 1.85 bits per heavy atom. The lowest BCUT2D eigenvalue weighted by molar-refractivity contribution is 0.314. The summed E-state index contributed by atoms with van der Waals surface area (Å²) in [6.07, 6.45) is 10.7. The van der Waals surface area contributed by atoms with E-state index in [4.69, 9.17) is 0 Å². The molecule has 0 aliphatic heterocycles. The lowest BCUT2D eigenvalue weighted by atomic mass is 9.84. The number of hydrogen-bond donors (Lipinski definition) is 1. The van der Waals surface area contributed by atoms with E-state index < -0.39 is 0 Å². The number of halogens is 1. The first-order valence-electron chi connectivity index (χ1n) is 8.28. The van der Waals surface area contributed by atoms with Gasteiger partial charge >= 0.3 is 0 Å². The highest BCUT2D eigenvalue weighted by atomic mass is 19.1. The number of rotatable bonds is 7. The summed E-state index contributed by atoms with van der Waals surface area (Å²) in [6.45, 7) is 3.22. The van der Waals surface area contributed by atoms with E-state index >= 15 is 0 Å². The molecule has 112 valence electrons. The van der Waals surface area contributed by atoms with Gasteiger partial charge in [-0.05, 0) is 49.4 Å². The van der Waals surface area contributed by atoms with Gasteiger partial charge in [-0.3, -0.25) is 0 Å². The quantitative estimate of drug-likeness (QED) is 0.720. The Hall–Kier alpha value is -0.890. The fourth-order valence-corrected chi connectivity index (χ4v) is 3.28. The predicted octanol–water partition coefficient (Wildman–Crippen LogP) is 5.23. The molecule has 0 aromatic heterocycles. The molecule has 0 amide bonds. The molecular formula is C18H28FN. The van der Waals surface area contributed by atoms with Crippen LogP contribution in [-0.4, -0.2) is 6.54 Å². The van der Waals surface area contributed by atoms with E-state index in [0.29, 0.717) is 6.04 Å². The standard InChI is InChI=1S/C18H28FN/c1-2-14-20-18(16-9-11-17(19)12-10-16)13-8-15-6-4-3-5-7-15/h9-12,15,18,20H,2-8,13-14H2,1H3. The molecule has 1 atom stereocenters. The van der Waals surface area contributed by atoms with E-state index in [9.17, 15) is 4.39 Å². The van der Waals surface area contributed by atoms with Crippen LogP contribution in [0.2, 0.25) is 0 Å². The lowest BCUT2D eigenvalue weighted by Gasteiger charge is -2.25. The smallest absolute Gasteiger partial charge is 0.123 e. The Balaban J connectivity index is 1.90. The maximum Gasteiger partial charge on any atom is 0.123 e. The molecule has 1 aliphatic carbocycles. The summed E-state index contributed by atoms with van der Waals surface area (Å²) < 4.78 is 13.1. The van der Waals surface area contributed by atoms with Gasteiger partial charge in [-0.25, -0.2) is 4.39 Å². The minimum Gasteiger partial charge on any atom is -0.310 e. The predicted molar refractivity (Wildman–Crippen MR) is 83.2 cm³/mol. The maximum absolute atomic E-state index is 13.1. The first kappa shape index (κ1) is 15.5. The lowest BCUT2D eigenvalue weighted by Crippen LogP contribution is -2.23. The maximum atomic E-state index is 13.1. The molecule has 0 saturated heterocycles. The molecule has 1 nitrogen and oxygen atoms in total. The molecule has 1 fully saturated rings. The zero-order valence-corrected chi connectivity index (χ0v) is 12.7. The van der Waals surface area contributed by atoms with E-state index in [0.717, 1.165) is 18.9 Å².